The number of anilines is 1. The van der Waals surface area contributed by atoms with E-state index in [4.69, 9.17) is 5.11 Å². The number of fused-ring (bicyclic) bond motifs is 1. The van der Waals surface area contributed by atoms with Crippen LogP contribution < -0.4 is 4.31 Å². The second kappa shape index (κ2) is 6.11. The van der Waals surface area contributed by atoms with Gasteiger partial charge in [0.05, 0.1) is 16.1 Å². The highest BCUT2D eigenvalue weighted by molar-refractivity contribution is 7.92. The van der Waals surface area contributed by atoms with Gasteiger partial charge in [0.1, 0.15) is 0 Å². The summed E-state index contributed by atoms with van der Waals surface area (Å²) in [5, 5.41) is 9.10. The summed E-state index contributed by atoms with van der Waals surface area (Å²) in [5.74, 6) is -3.40. The monoisotopic (exact) mass is 367 g/mol. The Bertz CT molecular complexity index is 973. The molecule has 2 aromatic carbocycles. The van der Waals surface area contributed by atoms with E-state index in [0.717, 1.165) is 22.5 Å². The molecule has 1 N–H and O–H groups in total. The first-order valence-corrected chi connectivity index (χ1v) is 9.00. The van der Waals surface area contributed by atoms with Gasteiger partial charge in [0.15, 0.2) is 11.6 Å². The summed E-state index contributed by atoms with van der Waals surface area (Å²) in [7, 11) is -4.11. The fourth-order valence-electron chi connectivity index (χ4n) is 2.92. The molecule has 0 saturated carbocycles. The number of rotatable bonds is 3. The Morgan fingerprint density at radius 3 is 2.52 bits per heavy atom. The second-order valence-corrected chi connectivity index (χ2v) is 7.69. The van der Waals surface area contributed by atoms with Gasteiger partial charge in [-0.05, 0) is 49.1 Å². The van der Waals surface area contributed by atoms with Crippen molar-refractivity contribution in [2.45, 2.75) is 24.7 Å². The highest BCUT2D eigenvalue weighted by Crippen LogP contribution is 2.34. The Morgan fingerprint density at radius 1 is 1.16 bits per heavy atom. The molecule has 0 bridgehead atoms. The smallest absolute Gasteiger partial charge is 0.335 e. The summed E-state index contributed by atoms with van der Waals surface area (Å²) in [6, 6.07) is 5.69. The van der Waals surface area contributed by atoms with Gasteiger partial charge in [-0.25, -0.2) is 22.0 Å². The quantitative estimate of drug-likeness (QED) is 0.905. The second-order valence-electron chi connectivity index (χ2n) is 5.86. The molecule has 5 nitrogen and oxygen atoms in total. The zero-order valence-electron chi connectivity index (χ0n) is 13.3. The van der Waals surface area contributed by atoms with Crippen LogP contribution >= 0.6 is 0 Å². The van der Waals surface area contributed by atoms with Crippen molar-refractivity contribution in [1.82, 2.24) is 0 Å². The molecule has 0 spiro atoms. The Balaban J connectivity index is 2.16. The molecule has 0 saturated heterocycles. The predicted molar refractivity (Wildman–Crippen MR) is 87.3 cm³/mol. The first-order valence-electron chi connectivity index (χ1n) is 7.56. The summed E-state index contributed by atoms with van der Waals surface area (Å²) in [5.41, 5.74) is 0.706. The van der Waals surface area contributed by atoms with Crippen LogP contribution in [0.15, 0.2) is 35.2 Å². The van der Waals surface area contributed by atoms with Crippen molar-refractivity contribution in [3.05, 3.63) is 58.7 Å². The van der Waals surface area contributed by atoms with Gasteiger partial charge in [-0.1, -0.05) is 6.07 Å². The lowest BCUT2D eigenvalue weighted by atomic mass is 10.0. The van der Waals surface area contributed by atoms with E-state index in [9.17, 15) is 22.0 Å². The van der Waals surface area contributed by atoms with Crippen LogP contribution in [0.3, 0.4) is 0 Å². The number of carboxylic acid groups (broad SMARTS) is 1. The van der Waals surface area contributed by atoms with Gasteiger partial charge >= 0.3 is 5.97 Å². The van der Waals surface area contributed by atoms with Gasteiger partial charge in [-0.15, -0.1) is 0 Å². The number of benzene rings is 2. The summed E-state index contributed by atoms with van der Waals surface area (Å²) >= 11 is 0. The van der Waals surface area contributed by atoms with Crippen molar-refractivity contribution < 1.29 is 27.1 Å². The van der Waals surface area contributed by atoms with Crippen LogP contribution in [0.1, 0.15) is 27.9 Å². The summed E-state index contributed by atoms with van der Waals surface area (Å²) in [6.07, 6.45) is 0.891. The van der Waals surface area contributed by atoms with Crippen LogP contribution in [-0.4, -0.2) is 26.0 Å². The van der Waals surface area contributed by atoms with Crippen LogP contribution in [0, 0.1) is 18.6 Å². The molecule has 0 aromatic heterocycles. The van der Waals surface area contributed by atoms with Crippen molar-refractivity contribution in [3.63, 3.8) is 0 Å². The minimum absolute atomic E-state index is 0.0882. The molecule has 132 valence electrons. The topological polar surface area (TPSA) is 74.7 Å². The largest absolute Gasteiger partial charge is 0.478 e. The van der Waals surface area contributed by atoms with E-state index >= 15 is 0 Å². The van der Waals surface area contributed by atoms with Gasteiger partial charge in [0.2, 0.25) is 0 Å². The number of carboxylic acids is 1. The van der Waals surface area contributed by atoms with Gasteiger partial charge in [-0.3, -0.25) is 4.31 Å². The Morgan fingerprint density at radius 2 is 1.84 bits per heavy atom. The van der Waals surface area contributed by atoms with Crippen LogP contribution in [-0.2, 0) is 16.4 Å². The van der Waals surface area contributed by atoms with Crippen LogP contribution in [0.25, 0.3) is 0 Å². The van der Waals surface area contributed by atoms with Crippen LogP contribution in [0.5, 0.6) is 0 Å². The molecule has 2 aromatic rings. The minimum atomic E-state index is -4.11. The average Bonchev–Trinajstić information content (AvgIpc) is 2.55. The van der Waals surface area contributed by atoms with Crippen molar-refractivity contribution >= 4 is 21.7 Å². The molecule has 0 fully saturated rings. The molecule has 0 atom stereocenters. The number of carbonyl (C=O) groups is 1. The average molecular weight is 367 g/mol. The SMILES string of the molecule is Cc1ccc(C(=O)O)cc1S(=O)(=O)N1CCCc2cc(F)c(F)cc21. The van der Waals surface area contributed by atoms with Crippen molar-refractivity contribution in [2.24, 2.45) is 0 Å². The number of sulfonamides is 1. The molecule has 1 aliphatic rings. The third kappa shape index (κ3) is 2.97. The van der Waals surface area contributed by atoms with Gasteiger partial charge in [0.25, 0.3) is 10.0 Å². The minimum Gasteiger partial charge on any atom is -0.478 e. The maximum atomic E-state index is 13.6. The third-order valence-electron chi connectivity index (χ3n) is 4.20. The lowest BCUT2D eigenvalue weighted by Crippen LogP contribution is -2.36. The van der Waals surface area contributed by atoms with Crippen molar-refractivity contribution in [1.29, 1.82) is 0 Å². The molecule has 3 rings (SSSR count). The predicted octanol–water partition coefficient (Wildman–Crippen LogP) is 3.11. The van der Waals surface area contributed by atoms with E-state index in [1.54, 1.807) is 6.92 Å². The molecule has 8 heteroatoms. The highest BCUT2D eigenvalue weighted by atomic mass is 32.2. The zero-order valence-corrected chi connectivity index (χ0v) is 14.1. The lowest BCUT2D eigenvalue weighted by Gasteiger charge is -2.31. The summed E-state index contributed by atoms with van der Waals surface area (Å²) < 4.78 is 54.2. The van der Waals surface area contributed by atoms with E-state index < -0.39 is 27.6 Å². The number of halogens is 2. The third-order valence-corrected chi connectivity index (χ3v) is 6.16. The number of hydrogen-bond acceptors (Lipinski definition) is 3. The Hall–Kier alpha value is -2.48. The van der Waals surface area contributed by atoms with Gasteiger partial charge < -0.3 is 5.11 Å². The van der Waals surface area contributed by atoms with E-state index in [-0.39, 0.29) is 22.7 Å². The normalized spacial score (nSPS) is 14.3. The summed E-state index contributed by atoms with van der Waals surface area (Å²) in [4.78, 5) is 11.0. The number of hydrogen-bond donors (Lipinski definition) is 1. The number of aromatic carboxylic acids is 1. The van der Waals surface area contributed by atoms with E-state index in [1.807, 2.05) is 0 Å². The van der Waals surface area contributed by atoms with Crippen molar-refractivity contribution in [3.8, 4) is 0 Å². The maximum Gasteiger partial charge on any atom is 0.335 e. The molecule has 1 heterocycles. The van der Waals surface area contributed by atoms with E-state index in [0.29, 0.717) is 24.0 Å². The van der Waals surface area contributed by atoms with Gasteiger partial charge in [0, 0.05) is 12.6 Å². The van der Waals surface area contributed by atoms with E-state index in [1.165, 1.54) is 12.1 Å². The molecular formula is C17H15F2NO4S. The van der Waals surface area contributed by atoms with Crippen molar-refractivity contribution in [2.75, 3.05) is 10.8 Å². The molecule has 0 amide bonds. The van der Waals surface area contributed by atoms with Crippen LogP contribution in [0.4, 0.5) is 14.5 Å². The first kappa shape index (κ1) is 17.3. The number of nitrogens with zero attached hydrogens (tertiary/aromatic N) is 1. The first-order chi connectivity index (χ1) is 11.7. The molecule has 1 aliphatic heterocycles. The standard InChI is InChI=1S/C17H15F2NO4S/c1-10-4-5-12(17(21)22)8-16(10)25(23,24)20-6-2-3-11-7-13(18)14(19)9-15(11)20/h4-5,7-9H,2-3,6H2,1H3,(H,21,22). The Labute approximate surface area is 143 Å². The maximum absolute atomic E-state index is 13.6. The lowest BCUT2D eigenvalue weighted by molar-refractivity contribution is 0.0696. The molecular weight excluding hydrogens is 352 g/mol. The zero-order chi connectivity index (χ0) is 18.4. The fraction of sp³-hybridized carbons (Fsp3) is 0.235. The molecule has 0 aliphatic carbocycles. The fourth-order valence-corrected chi connectivity index (χ4v) is 4.71. The van der Waals surface area contributed by atoms with Gasteiger partial charge in [-0.2, -0.15) is 0 Å². The Kier molecular flexibility index (Phi) is 4.24. The summed E-state index contributed by atoms with van der Waals surface area (Å²) in [6.45, 7) is 1.66. The highest BCUT2D eigenvalue weighted by Gasteiger charge is 2.31. The van der Waals surface area contributed by atoms with Crippen LogP contribution in [0.2, 0.25) is 0 Å². The molecule has 0 unspecified atom stereocenters. The number of aryl methyl sites for hydroxylation is 2. The molecule has 25 heavy (non-hydrogen) atoms. The molecule has 0 radical (unpaired) electrons. The van der Waals surface area contributed by atoms with E-state index in [2.05, 4.69) is 0 Å².